The number of unbranched alkanes of at least 4 members (excludes halogenated alkanes) is 1. The first-order valence-corrected chi connectivity index (χ1v) is 18.4. The molecule has 2 heterocycles. The standard InChI is InChI=1S/C28H53N3O12S2/c1-28-23-44-24(26(28)30-27(33)31-28)5-3-4-6-25(32)29-7-8-36-9-10-37-11-12-38-13-14-39-15-16-40-17-18-41-19-20-42-21-22-43-45(2,34)35/h24,26H,3-23H2,1-2H3,(H,29,32)(H2,30,31,33)/t24?,26-,28+/m1/s1. The van der Waals surface area contributed by atoms with E-state index in [1.807, 2.05) is 11.8 Å². The van der Waals surface area contributed by atoms with Crippen LogP contribution in [-0.4, -0.2) is 155 Å². The first-order chi connectivity index (χ1) is 21.7. The Bertz CT molecular complexity index is 917. The second-order valence-corrected chi connectivity index (χ2v) is 13.6. The van der Waals surface area contributed by atoms with Crippen LogP contribution in [0.25, 0.3) is 0 Å². The van der Waals surface area contributed by atoms with Crippen LogP contribution in [0.5, 0.6) is 0 Å². The van der Waals surface area contributed by atoms with Crippen LogP contribution in [0.4, 0.5) is 4.79 Å². The highest BCUT2D eigenvalue weighted by Gasteiger charge is 2.51. The smallest absolute Gasteiger partial charge is 0.315 e. The summed E-state index contributed by atoms with van der Waals surface area (Å²) in [5.41, 5.74) is -0.155. The fraction of sp³-hybridized carbons (Fsp3) is 0.929. The normalized spacial score (nSPS) is 21.1. The van der Waals surface area contributed by atoms with Gasteiger partial charge >= 0.3 is 6.03 Å². The van der Waals surface area contributed by atoms with Gasteiger partial charge in [0.2, 0.25) is 5.91 Å². The minimum absolute atomic E-state index is 0.00704. The summed E-state index contributed by atoms with van der Waals surface area (Å²) in [5.74, 6) is 0.954. The topological polar surface area (TPSA) is 178 Å². The second kappa shape index (κ2) is 23.9. The molecule has 2 fully saturated rings. The Kier molecular flexibility index (Phi) is 21.2. The van der Waals surface area contributed by atoms with Crippen molar-refractivity contribution >= 4 is 33.8 Å². The van der Waals surface area contributed by atoms with Gasteiger partial charge in [0.05, 0.1) is 117 Å². The molecule has 0 saturated carbocycles. The molecule has 2 rings (SSSR count). The zero-order chi connectivity index (χ0) is 32.6. The molecule has 15 nitrogen and oxygen atoms in total. The first-order valence-electron chi connectivity index (χ1n) is 15.6. The van der Waals surface area contributed by atoms with E-state index in [9.17, 15) is 18.0 Å². The number of hydrogen-bond acceptors (Lipinski definition) is 13. The van der Waals surface area contributed by atoms with Gasteiger partial charge in [0.25, 0.3) is 10.1 Å². The molecule has 2 aliphatic heterocycles. The summed E-state index contributed by atoms with van der Waals surface area (Å²) in [5, 5.41) is 9.34. The molecule has 0 bridgehead atoms. The van der Waals surface area contributed by atoms with Crippen molar-refractivity contribution in [3.8, 4) is 0 Å². The van der Waals surface area contributed by atoms with Gasteiger partial charge < -0.3 is 49.1 Å². The maximum Gasteiger partial charge on any atom is 0.315 e. The van der Waals surface area contributed by atoms with Crippen LogP contribution in [0.15, 0.2) is 0 Å². The van der Waals surface area contributed by atoms with Crippen LogP contribution in [0.2, 0.25) is 0 Å². The van der Waals surface area contributed by atoms with E-state index in [2.05, 4.69) is 27.1 Å². The number of rotatable bonds is 30. The monoisotopic (exact) mass is 687 g/mol. The van der Waals surface area contributed by atoms with Gasteiger partial charge in [0.15, 0.2) is 0 Å². The first kappa shape index (κ1) is 39.9. The number of ether oxygens (including phenoxy) is 7. The molecule has 0 aromatic carbocycles. The van der Waals surface area contributed by atoms with Gasteiger partial charge in [0.1, 0.15) is 0 Å². The average Bonchev–Trinajstić information content (AvgIpc) is 3.45. The third-order valence-corrected chi connectivity index (χ3v) is 9.11. The highest BCUT2D eigenvalue weighted by atomic mass is 32.2. The van der Waals surface area contributed by atoms with E-state index in [1.54, 1.807) is 0 Å². The number of amides is 3. The minimum Gasteiger partial charge on any atom is -0.377 e. The number of urea groups is 1. The maximum absolute atomic E-state index is 12.0. The van der Waals surface area contributed by atoms with E-state index in [-0.39, 0.29) is 36.7 Å². The van der Waals surface area contributed by atoms with E-state index in [4.69, 9.17) is 33.2 Å². The van der Waals surface area contributed by atoms with Crippen LogP contribution >= 0.6 is 11.8 Å². The summed E-state index contributed by atoms with van der Waals surface area (Å²) >= 11 is 1.90. The maximum atomic E-state index is 12.0. The summed E-state index contributed by atoms with van der Waals surface area (Å²) < 4.78 is 63.9. The van der Waals surface area contributed by atoms with Gasteiger partial charge in [-0.2, -0.15) is 20.2 Å². The van der Waals surface area contributed by atoms with E-state index in [0.717, 1.165) is 31.3 Å². The summed E-state index contributed by atoms with van der Waals surface area (Å²) in [6.45, 7) is 8.46. The Morgan fingerprint density at radius 3 is 1.76 bits per heavy atom. The molecule has 0 aromatic heterocycles. The second-order valence-electron chi connectivity index (χ2n) is 10.8. The summed E-state index contributed by atoms with van der Waals surface area (Å²) in [6.07, 6.45) is 4.27. The Hall–Kier alpha value is -1.28. The highest BCUT2D eigenvalue weighted by molar-refractivity contribution is 8.00. The minimum atomic E-state index is -3.43. The predicted molar refractivity (Wildman–Crippen MR) is 168 cm³/mol. The molecule has 3 amide bonds. The molecule has 264 valence electrons. The fourth-order valence-corrected chi connectivity index (χ4v) is 6.65. The Morgan fingerprint density at radius 2 is 1.27 bits per heavy atom. The largest absolute Gasteiger partial charge is 0.377 e. The lowest BCUT2D eigenvalue weighted by Gasteiger charge is -2.23. The molecule has 3 atom stereocenters. The number of carbonyl (C=O) groups is 2. The van der Waals surface area contributed by atoms with Gasteiger partial charge in [-0.05, 0) is 19.8 Å². The zero-order valence-corrected chi connectivity index (χ0v) is 28.4. The van der Waals surface area contributed by atoms with Crippen molar-refractivity contribution < 1.29 is 55.3 Å². The molecule has 0 spiro atoms. The molecule has 0 radical (unpaired) electrons. The number of thioether (sulfide) groups is 1. The van der Waals surface area contributed by atoms with Crippen molar-refractivity contribution in [1.82, 2.24) is 16.0 Å². The van der Waals surface area contributed by atoms with E-state index in [0.29, 0.717) is 104 Å². The van der Waals surface area contributed by atoms with Crippen LogP contribution in [-0.2, 0) is 52.3 Å². The quantitative estimate of drug-likeness (QED) is 0.0535. The van der Waals surface area contributed by atoms with Crippen LogP contribution in [0.1, 0.15) is 32.6 Å². The number of fused-ring (bicyclic) bond motifs is 1. The van der Waals surface area contributed by atoms with Crippen LogP contribution in [0, 0.1) is 0 Å². The molecule has 2 aliphatic rings. The molecular formula is C28H53N3O12S2. The molecule has 0 aliphatic carbocycles. The van der Waals surface area contributed by atoms with Crippen LogP contribution in [0.3, 0.4) is 0 Å². The molecular weight excluding hydrogens is 634 g/mol. The molecule has 45 heavy (non-hydrogen) atoms. The van der Waals surface area contributed by atoms with Gasteiger partial charge in [0, 0.05) is 24.0 Å². The average molecular weight is 688 g/mol. The Morgan fingerprint density at radius 1 is 0.800 bits per heavy atom. The molecule has 2 saturated heterocycles. The molecule has 17 heteroatoms. The van der Waals surface area contributed by atoms with E-state index in [1.165, 1.54) is 0 Å². The third-order valence-electron chi connectivity index (χ3n) is 6.81. The van der Waals surface area contributed by atoms with Crippen molar-refractivity contribution in [3.05, 3.63) is 0 Å². The highest BCUT2D eigenvalue weighted by Crippen LogP contribution is 2.39. The lowest BCUT2D eigenvalue weighted by molar-refractivity contribution is -0.121. The lowest BCUT2D eigenvalue weighted by atomic mass is 9.92. The SMILES string of the molecule is C[C@]12CSC(CCCCC(=O)NCCOCCOCCOCCOCCOCCOCCOCCOS(C)(=O)=O)[C@H]1NC(=O)N2. The number of carbonyl (C=O) groups excluding carboxylic acids is 2. The lowest BCUT2D eigenvalue weighted by Crippen LogP contribution is -2.47. The predicted octanol–water partition coefficient (Wildman–Crippen LogP) is 0.311. The Balaban J connectivity index is 1.21. The van der Waals surface area contributed by atoms with Crippen molar-refractivity contribution in [2.45, 2.75) is 49.4 Å². The Labute approximate surface area is 271 Å². The van der Waals surface area contributed by atoms with E-state index < -0.39 is 10.1 Å². The van der Waals surface area contributed by atoms with Gasteiger partial charge in [-0.1, -0.05) is 6.42 Å². The van der Waals surface area contributed by atoms with Crippen molar-refractivity contribution in [2.75, 3.05) is 118 Å². The van der Waals surface area contributed by atoms with Gasteiger partial charge in [-0.15, -0.1) is 0 Å². The van der Waals surface area contributed by atoms with Gasteiger partial charge in [-0.3, -0.25) is 8.98 Å². The van der Waals surface area contributed by atoms with Crippen molar-refractivity contribution in [1.29, 1.82) is 0 Å². The summed E-state index contributed by atoms with van der Waals surface area (Å²) in [4.78, 5) is 23.7. The molecule has 3 N–H and O–H groups in total. The van der Waals surface area contributed by atoms with Gasteiger partial charge in [-0.25, -0.2) is 4.79 Å². The van der Waals surface area contributed by atoms with Crippen molar-refractivity contribution in [2.24, 2.45) is 0 Å². The molecule has 0 aromatic rings. The fourth-order valence-electron chi connectivity index (χ4n) is 4.58. The zero-order valence-electron chi connectivity index (χ0n) is 26.7. The number of nitrogens with one attached hydrogen (secondary N) is 3. The third kappa shape index (κ3) is 19.9. The van der Waals surface area contributed by atoms with Crippen molar-refractivity contribution in [3.63, 3.8) is 0 Å². The number of hydrogen-bond donors (Lipinski definition) is 3. The summed E-state index contributed by atoms with van der Waals surface area (Å²) in [6, 6.07) is 0.0892. The molecule has 1 unspecified atom stereocenters. The van der Waals surface area contributed by atoms with E-state index >= 15 is 0 Å². The van der Waals surface area contributed by atoms with Crippen LogP contribution < -0.4 is 16.0 Å². The summed E-state index contributed by atoms with van der Waals surface area (Å²) in [7, 11) is -3.43.